The molecule has 152 valence electrons. The van der Waals surface area contributed by atoms with Gasteiger partial charge in [-0.3, -0.25) is 4.90 Å². The third kappa shape index (κ3) is 3.53. The summed E-state index contributed by atoms with van der Waals surface area (Å²) >= 11 is 0. The smallest absolute Gasteiger partial charge is 0.179 e. The van der Waals surface area contributed by atoms with Crippen molar-refractivity contribution in [2.75, 3.05) is 56.2 Å². The van der Waals surface area contributed by atoms with Crippen LogP contribution in [0.4, 0.5) is 11.5 Å². The van der Waals surface area contributed by atoms with Crippen molar-refractivity contribution in [1.82, 2.24) is 10.1 Å². The molecule has 2 aromatic carbocycles. The van der Waals surface area contributed by atoms with Crippen LogP contribution in [0.5, 0.6) is 5.75 Å². The number of anilines is 2. The van der Waals surface area contributed by atoms with Crippen LogP contribution in [-0.4, -0.2) is 62.5 Å². The molecule has 1 aromatic heterocycles. The highest BCUT2D eigenvalue weighted by Crippen LogP contribution is 2.31. The van der Waals surface area contributed by atoms with Gasteiger partial charge in [-0.1, -0.05) is 29.4 Å². The first-order chi connectivity index (χ1) is 14.3. The minimum atomic E-state index is 0.657. The highest BCUT2D eigenvalue weighted by molar-refractivity contribution is 5.88. The summed E-state index contributed by atoms with van der Waals surface area (Å²) in [7, 11) is 1.75. The van der Waals surface area contributed by atoms with Gasteiger partial charge < -0.3 is 19.1 Å². The Hall–Kier alpha value is -2.73. The highest BCUT2D eigenvalue weighted by atomic mass is 16.5. The summed E-state index contributed by atoms with van der Waals surface area (Å²) in [5, 5.41) is 5.46. The molecule has 6 heteroatoms. The number of aromatic nitrogens is 1. The molecule has 0 aliphatic carbocycles. The van der Waals surface area contributed by atoms with Gasteiger partial charge in [0.1, 0.15) is 5.75 Å². The monoisotopic (exact) mass is 392 g/mol. The molecule has 0 unspecified atom stereocenters. The van der Waals surface area contributed by atoms with Crippen LogP contribution in [0.1, 0.15) is 12.8 Å². The maximum absolute atomic E-state index is 5.55. The lowest BCUT2D eigenvalue weighted by Gasteiger charge is -2.43. The summed E-state index contributed by atoms with van der Waals surface area (Å²) in [6, 6.07) is 17.1. The minimum Gasteiger partial charge on any atom is -0.495 e. The molecule has 0 saturated carbocycles. The van der Waals surface area contributed by atoms with Gasteiger partial charge in [-0.25, -0.2) is 0 Å². The average Bonchev–Trinajstić information content (AvgIpc) is 3.23. The van der Waals surface area contributed by atoms with E-state index >= 15 is 0 Å². The molecule has 5 rings (SSSR count). The molecule has 6 nitrogen and oxygen atoms in total. The van der Waals surface area contributed by atoms with E-state index in [0.717, 1.165) is 61.8 Å². The standard InChI is InChI=1S/C23H28N4O2/c1-28-22-9-5-3-7-20(22)26-16-14-25(15-17-26)18-10-12-27(13-11-18)23-19-6-2-4-8-21(19)29-24-23/h2-9,18H,10-17H2,1H3. The fraction of sp³-hybridized carbons (Fsp3) is 0.435. The Kier molecular flexibility index (Phi) is 5.02. The molecule has 3 heterocycles. The molecule has 2 aliphatic heterocycles. The first-order valence-corrected chi connectivity index (χ1v) is 10.5. The Bertz CT molecular complexity index is 956. The van der Waals surface area contributed by atoms with E-state index in [9.17, 15) is 0 Å². The van der Waals surface area contributed by atoms with Gasteiger partial charge in [0, 0.05) is 45.3 Å². The molecule has 2 aliphatic rings. The van der Waals surface area contributed by atoms with Crippen LogP contribution in [0.25, 0.3) is 11.0 Å². The Morgan fingerprint density at radius 1 is 0.862 bits per heavy atom. The van der Waals surface area contributed by atoms with E-state index < -0.39 is 0 Å². The fourth-order valence-electron chi connectivity index (χ4n) is 4.76. The van der Waals surface area contributed by atoms with E-state index in [1.807, 2.05) is 24.3 Å². The number of rotatable bonds is 4. The second-order valence-electron chi connectivity index (χ2n) is 7.92. The van der Waals surface area contributed by atoms with Crippen molar-refractivity contribution in [2.45, 2.75) is 18.9 Å². The van der Waals surface area contributed by atoms with Gasteiger partial charge in [0.15, 0.2) is 11.4 Å². The van der Waals surface area contributed by atoms with Gasteiger partial charge in [0.05, 0.1) is 18.2 Å². The van der Waals surface area contributed by atoms with E-state index in [2.05, 4.69) is 44.1 Å². The van der Waals surface area contributed by atoms with Gasteiger partial charge in [0.25, 0.3) is 0 Å². The number of piperazine rings is 1. The van der Waals surface area contributed by atoms with Crippen LogP contribution >= 0.6 is 0 Å². The fourth-order valence-corrected chi connectivity index (χ4v) is 4.76. The molecule has 0 radical (unpaired) electrons. The van der Waals surface area contributed by atoms with Crippen molar-refractivity contribution in [2.24, 2.45) is 0 Å². The van der Waals surface area contributed by atoms with Crippen LogP contribution in [0.15, 0.2) is 53.1 Å². The zero-order chi connectivity index (χ0) is 19.6. The molecule has 29 heavy (non-hydrogen) atoms. The van der Waals surface area contributed by atoms with E-state index in [-0.39, 0.29) is 0 Å². The summed E-state index contributed by atoms with van der Waals surface area (Å²) in [5.41, 5.74) is 2.08. The predicted molar refractivity (Wildman–Crippen MR) is 116 cm³/mol. The van der Waals surface area contributed by atoms with Gasteiger partial charge in [-0.2, -0.15) is 0 Å². The Labute approximate surface area is 171 Å². The summed E-state index contributed by atoms with van der Waals surface area (Å²) in [6.07, 6.45) is 2.35. The molecular formula is C23H28N4O2. The van der Waals surface area contributed by atoms with E-state index in [0.29, 0.717) is 6.04 Å². The summed E-state index contributed by atoms with van der Waals surface area (Å²) in [6.45, 7) is 6.38. The molecule has 0 amide bonds. The lowest BCUT2D eigenvalue weighted by atomic mass is 10.0. The summed E-state index contributed by atoms with van der Waals surface area (Å²) in [4.78, 5) is 7.50. The number of benzene rings is 2. The SMILES string of the molecule is COc1ccccc1N1CCN(C2CCN(c3noc4ccccc34)CC2)CC1. The van der Waals surface area contributed by atoms with Crippen molar-refractivity contribution < 1.29 is 9.26 Å². The van der Waals surface area contributed by atoms with Crippen molar-refractivity contribution in [3.8, 4) is 5.75 Å². The first kappa shape index (κ1) is 18.3. The van der Waals surface area contributed by atoms with Crippen molar-refractivity contribution in [1.29, 1.82) is 0 Å². The van der Waals surface area contributed by atoms with E-state index in [1.54, 1.807) is 7.11 Å². The minimum absolute atomic E-state index is 0.657. The van der Waals surface area contributed by atoms with Crippen LogP contribution in [-0.2, 0) is 0 Å². The number of ether oxygens (including phenoxy) is 1. The second kappa shape index (κ2) is 7.95. The molecule has 2 saturated heterocycles. The topological polar surface area (TPSA) is 45.0 Å². The highest BCUT2D eigenvalue weighted by Gasteiger charge is 2.29. The molecule has 3 aromatic rings. The Morgan fingerprint density at radius 2 is 1.59 bits per heavy atom. The third-order valence-corrected chi connectivity index (χ3v) is 6.38. The zero-order valence-electron chi connectivity index (χ0n) is 17.0. The molecule has 2 fully saturated rings. The average molecular weight is 393 g/mol. The van der Waals surface area contributed by atoms with Gasteiger partial charge >= 0.3 is 0 Å². The number of methoxy groups -OCH3 is 1. The molecular weight excluding hydrogens is 364 g/mol. The number of fused-ring (bicyclic) bond motifs is 1. The van der Waals surface area contributed by atoms with Crippen molar-refractivity contribution in [3.05, 3.63) is 48.5 Å². The normalized spacial score (nSPS) is 19.1. The van der Waals surface area contributed by atoms with Crippen LogP contribution < -0.4 is 14.5 Å². The maximum Gasteiger partial charge on any atom is 0.179 e. The number of hydrogen-bond donors (Lipinski definition) is 0. The van der Waals surface area contributed by atoms with Crippen LogP contribution in [0.3, 0.4) is 0 Å². The quantitative estimate of drug-likeness (QED) is 0.676. The number of piperidine rings is 1. The summed E-state index contributed by atoms with van der Waals surface area (Å²) < 4.78 is 11.0. The Morgan fingerprint density at radius 3 is 2.38 bits per heavy atom. The van der Waals surface area contributed by atoms with Gasteiger partial charge in [-0.05, 0) is 37.1 Å². The van der Waals surface area contributed by atoms with E-state index in [1.165, 1.54) is 18.5 Å². The molecule has 0 spiro atoms. The molecule has 0 N–H and O–H groups in total. The van der Waals surface area contributed by atoms with Crippen molar-refractivity contribution in [3.63, 3.8) is 0 Å². The molecule has 0 atom stereocenters. The number of para-hydroxylation sites is 3. The Balaban J connectivity index is 1.18. The first-order valence-electron chi connectivity index (χ1n) is 10.5. The number of hydrogen-bond acceptors (Lipinski definition) is 6. The third-order valence-electron chi connectivity index (χ3n) is 6.38. The summed E-state index contributed by atoms with van der Waals surface area (Å²) in [5.74, 6) is 1.97. The predicted octanol–water partition coefficient (Wildman–Crippen LogP) is 3.63. The number of nitrogens with zero attached hydrogens (tertiary/aromatic N) is 4. The lowest BCUT2D eigenvalue weighted by molar-refractivity contribution is 0.159. The lowest BCUT2D eigenvalue weighted by Crippen LogP contribution is -2.53. The maximum atomic E-state index is 5.55. The van der Waals surface area contributed by atoms with E-state index in [4.69, 9.17) is 9.26 Å². The zero-order valence-corrected chi connectivity index (χ0v) is 17.0. The van der Waals surface area contributed by atoms with Gasteiger partial charge in [0.2, 0.25) is 0 Å². The van der Waals surface area contributed by atoms with Crippen LogP contribution in [0.2, 0.25) is 0 Å². The largest absolute Gasteiger partial charge is 0.495 e. The molecule has 0 bridgehead atoms. The van der Waals surface area contributed by atoms with Crippen molar-refractivity contribution >= 4 is 22.5 Å². The second-order valence-corrected chi connectivity index (χ2v) is 7.92. The van der Waals surface area contributed by atoms with Crippen LogP contribution in [0, 0.1) is 0 Å². The van der Waals surface area contributed by atoms with Gasteiger partial charge in [-0.15, -0.1) is 0 Å².